The maximum atomic E-state index is 6.10. The Morgan fingerprint density at radius 3 is 2.30 bits per heavy atom. The Hall–Kier alpha value is -1.19. The molecule has 2 aromatic rings. The average molecular weight is 288 g/mol. The van der Waals surface area contributed by atoms with Crippen molar-refractivity contribution in [1.82, 2.24) is 4.98 Å². The summed E-state index contributed by atoms with van der Waals surface area (Å²) in [7, 11) is 0. The third-order valence-electron chi connectivity index (χ3n) is 3.29. The van der Waals surface area contributed by atoms with Crippen molar-refractivity contribution >= 4 is 11.3 Å². The maximum Gasteiger partial charge on any atom is 0.0935 e. The van der Waals surface area contributed by atoms with Gasteiger partial charge < -0.3 is 5.73 Å². The Morgan fingerprint density at radius 1 is 1.15 bits per heavy atom. The van der Waals surface area contributed by atoms with E-state index >= 15 is 0 Å². The van der Waals surface area contributed by atoms with E-state index in [4.69, 9.17) is 10.7 Å². The molecule has 1 atom stereocenters. The van der Waals surface area contributed by atoms with E-state index in [0.717, 1.165) is 12.8 Å². The quantitative estimate of drug-likeness (QED) is 0.913. The van der Waals surface area contributed by atoms with E-state index in [1.54, 1.807) is 11.3 Å². The van der Waals surface area contributed by atoms with Gasteiger partial charge in [-0.05, 0) is 18.9 Å². The lowest BCUT2D eigenvalue weighted by molar-refractivity contribution is 0.558. The highest BCUT2D eigenvalue weighted by Crippen LogP contribution is 2.33. The van der Waals surface area contributed by atoms with E-state index in [0.29, 0.717) is 0 Å². The van der Waals surface area contributed by atoms with E-state index in [1.165, 1.54) is 21.1 Å². The van der Waals surface area contributed by atoms with E-state index in [2.05, 4.69) is 51.1 Å². The Kier molecular flexibility index (Phi) is 4.61. The summed E-state index contributed by atoms with van der Waals surface area (Å²) in [6.45, 7) is 8.66. The van der Waals surface area contributed by atoms with Crippen molar-refractivity contribution < 1.29 is 0 Å². The summed E-state index contributed by atoms with van der Waals surface area (Å²) in [5, 5.41) is 1.20. The molecule has 108 valence electrons. The minimum atomic E-state index is 0.0600. The molecule has 0 saturated heterocycles. The SMILES string of the molecule is CC(N)c1sc(CCc2ccccc2)nc1C(C)(C)C. The Morgan fingerprint density at radius 2 is 1.80 bits per heavy atom. The van der Waals surface area contributed by atoms with Crippen molar-refractivity contribution in [2.45, 2.75) is 52.0 Å². The van der Waals surface area contributed by atoms with Gasteiger partial charge in [0.2, 0.25) is 0 Å². The van der Waals surface area contributed by atoms with E-state index in [-0.39, 0.29) is 11.5 Å². The van der Waals surface area contributed by atoms with Gasteiger partial charge in [0.15, 0.2) is 0 Å². The van der Waals surface area contributed by atoms with Crippen molar-refractivity contribution in [2.24, 2.45) is 5.73 Å². The first-order valence-electron chi connectivity index (χ1n) is 7.17. The number of hydrogen-bond donors (Lipinski definition) is 1. The predicted octanol–water partition coefficient (Wildman–Crippen LogP) is 4.25. The summed E-state index contributed by atoms with van der Waals surface area (Å²) < 4.78 is 0. The summed E-state index contributed by atoms with van der Waals surface area (Å²) in [6, 6.07) is 10.6. The Bertz CT molecular complexity index is 550. The van der Waals surface area contributed by atoms with Crippen LogP contribution in [0.15, 0.2) is 30.3 Å². The molecule has 0 saturated carbocycles. The molecule has 0 radical (unpaired) electrons. The number of thiazole rings is 1. The van der Waals surface area contributed by atoms with Crippen LogP contribution in [0.2, 0.25) is 0 Å². The molecule has 2 rings (SSSR count). The molecule has 0 spiro atoms. The molecule has 1 unspecified atom stereocenters. The number of benzene rings is 1. The lowest BCUT2D eigenvalue weighted by atomic mass is 9.90. The second-order valence-electron chi connectivity index (χ2n) is 6.34. The zero-order chi connectivity index (χ0) is 14.8. The van der Waals surface area contributed by atoms with Gasteiger partial charge in [0.05, 0.1) is 10.7 Å². The molecule has 2 N–H and O–H groups in total. The highest BCUT2D eigenvalue weighted by Gasteiger charge is 2.24. The molecule has 1 heterocycles. The van der Waals surface area contributed by atoms with Crippen LogP contribution >= 0.6 is 11.3 Å². The molecule has 0 amide bonds. The Labute approximate surface area is 126 Å². The summed E-state index contributed by atoms with van der Waals surface area (Å²) in [5.41, 5.74) is 8.69. The minimum absolute atomic E-state index is 0.0600. The van der Waals surface area contributed by atoms with Crippen LogP contribution in [0, 0.1) is 0 Å². The van der Waals surface area contributed by atoms with Crippen molar-refractivity contribution in [3.63, 3.8) is 0 Å². The van der Waals surface area contributed by atoms with Crippen LogP contribution < -0.4 is 5.73 Å². The lowest BCUT2D eigenvalue weighted by Crippen LogP contribution is -2.17. The van der Waals surface area contributed by atoms with Crippen LogP contribution in [-0.4, -0.2) is 4.98 Å². The molecular weight excluding hydrogens is 264 g/mol. The van der Waals surface area contributed by atoms with Crippen molar-refractivity contribution in [1.29, 1.82) is 0 Å². The molecule has 0 bridgehead atoms. The van der Waals surface area contributed by atoms with Gasteiger partial charge in [-0.3, -0.25) is 0 Å². The number of nitrogens with zero attached hydrogens (tertiary/aromatic N) is 1. The normalized spacial score (nSPS) is 13.4. The van der Waals surface area contributed by atoms with Gasteiger partial charge in [-0.1, -0.05) is 51.1 Å². The zero-order valence-corrected chi connectivity index (χ0v) is 13.6. The number of aryl methyl sites for hydroxylation is 2. The third-order valence-corrected chi connectivity index (χ3v) is 4.61. The second-order valence-corrected chi connectivity index (χ2v) is 7.46. The fourth-order valence-electron chi connectivity index (χ4n) is 2.23. The minimum Gasteiger partial charge on any atom is -0.323 e. The highest BCUT2D eigenvalue weighted by molar-refractivity contribution is 7.11. The molecular formula is C17H24N2S. The van der Waals surface area contributed by atoms with Crippen molar-refractivity contribution in [3.05, 3.63) is 51.5 Å². The first-order chi connectivity index (χ1) is 9.38. The van der Waals surface area contributed by atoms with Crippen LogP contribution in [0.4, 0.5) is 0 Å². The topological polar surface area (TPSA) is 38.9 Å². The van der Waals surface area contributed by atoms with Crippen LogP contribution in [-0.2, 0) is 18.3 Å². The molecule has 0 fully saturated rings. The molecule has 0 aliphatic carbocycles. The number of nitrogens with two attached hydrogens (primary N) is 1. The zero-order valence-electron chi connectivity index (χ0n) is 12.8. The molecule has 1 aromatic carbocycles. The van der Waals surface area contributed by atoms with Crippen LogP contribution in [0.25, 0.3) is 0 Å². The van der Waals surface area contributed by atoms with Crippen molar-refractivity contribution in [3.8, 4) is 0 Å². The van der Waals surface area contributed by atoms with Gasteiger partial charge in [-0.2, -0.15) is 0 Å². The highest BCUT2D eigenvalue weighted by atomic mass is 32.1. The van der Waals surface area contributed by atoms with Gasteiger partial charge in [0.25, 0.3) is 0 Å². The standard InChI is InChI=1S/C17H24N2S/c1-12(18)15-16(17(2,3)4)19-14(20-15)11-10-13-8-6-5-7-9-13/h5-9,12H,10-11,18H2,1-4H3. The van der Waals surface area contributed by atoms with Crippen molar-refractivity contribution in [2.75, 3.05) is 0 Å². The maximum absolute atomic E-state index is 6.10. The van der Waals surface area contributed by atoms with Gasteiger partial charge in [-0.15, -0.1) is 11.3 Å². The van der Waals surface area contributed by atoms with Crippen LogP contribution in [0.5, 0.6) is 0 Å². The first-order valence-corrected chi connectivity index (χ1v) is 7.99. The van der Waals surface area contributed by atoms with Gasteiger partial charge in [0, 0.05) is 22.8 Å². The first kappa shape index (κ1) is 15.2. The number of hydrogen-bond acceptors (Lipinski definition) is 3. The smallest absolute Gasteiger partial charge is 0.0935 e. The summed E-state index contributed by atoms with van der Waals surface area (Å²) in [4.78, 5) is 6.09. The van der Waals surface area contributed by atoms with E-state index in [1.807, 2.05) is 6.92 Å². The monoisotopic (exact) mass is 288 g/mol. The Balaban J connectivity index is 2.17. The molecule has 0 aliphatic heterocycles. The molecule has 1 aromatic heterocycles. The molecule has 20 heavy (non-hydrogen) atoms. The van der Waals surface area contributed by atoms with Gasteiger partial charge >= 0.3 is 0 Å². The molecule has 3 heteroatoms. The predicted molar refractivity (Wildman–Crippen MR) is 87.3 cm³/mol. The largest absolute Gasteiger partial charge is 0.323 e. The van der Waals surface area contributed by atoms with Gasteiger partial charge in [-0.25, -0.2) is 4.98 Å². The summed E-state index contributed by atoms with van der Waals surface area (Å²) in [6.07, 6.45) is 2.03. The fraction of sp³-hybridized carbons (Fsp3) is 0.471. The summed E-state index contributed by atoms with van der Waals surface area (Å²) in [5.74, 6) is 0. The van der Waals surface area contributed by atoms with Gasteiger partial charge in [0.1, 0.15) is 0 Å². The van der Waals surface area contributed by atoms with E-state index in [9.17, 15) is 0 Å². The average Bonchev–Trinajstić information content (AvgIpc) is 2.82. The number of rotatable bonds is 4. The second kappa shape index (κ2) is 6.06. The fourth-order valence-corrected chi connectivity index (χ4v) is 3.46. The van der Waals surface area contributed by atoms with E-state index < -0.39 is 0 Å². The molecule has 2 nitrogen and oxygen atoms in total. The molecule has 0 aliphatic rings. The number of aromatic nitrogens is 1. The lowest BCUT2D eigenvalue weighted by Gasteiger charge is -2.18. The third kappa shape index (κ3) is 3.68. The van der Waals surface area contributed by atoms with Crippen LogP contribution in [0.1, 0.15) is 54.9 Å². The van der Waals surface area contributed by atoms with Crippen LogP contribution in [0.3, 0.4) is 0 Å². The summed E-state index contributed by atoms with van der Waals surface area (Å²) >= 11 is 1.78.